The van der Waals surface area contributed by atoms with Crippen LogP contribution in [-0.4, -0.2) is 60.6 Å². The normalized spacial score (nSPS) is 16.5. The average molecular weight is 557 g/mol. The van der Waals surface area contributed by atoms with Gasteiger partial charge < -0.3 is 15.1 Å². The fraction of sp³-hybridized carbons (Fsp3) is 0.433. The first-order valence-corrected chi connectivity index (χ1v) is 14.7. The van der Waals surface area contributed by atoms with Gasteiger partial charge in [-0.2, -0.15) is 5.10 Å². The van der Waals surface area contributed by atoms with Crippen molar-refractivity contribution in [2.45, 2.75) is 65.1 Å². The minimum absolute atomic E-state index is 0.0443. The van der Waals surface area contributed by atoms with Gasteiger partial charge in [0.25, 0.3) is 5.91 Å². The minimum atomic E-state index is -0.0443. The summed E-state index contributed by atoms with van der Waals surface area (Å²) in [6.45, 7) is 11.8. The first kappa shape index (κ1) is 26.6. The van der Waals surface area contributed by atoms with E-state index in [1.807, 2.05) is 23.4 Å². The first-order chi connectivity index (χ1) is 19.1. The van der Waals surface area contributed by atoms with Crippen LogP contribution in [0.5, 0.6) is 0 Å². The number of amides is 1. The molecule has 5 heterocycles. The van der Waals surface area contributed by atoms with Gasteiger partial charge in [-0.3, -0.25) is 9.48 Å². The topological polar surface area (TPSA) is 92.1 Å². The summed E-state index contributed by atoms with van der Waals surface area (Å²) < 4.78 is 2.06. The Kier molecular flexibility index (Phi) is 6.92. The summed E-state index contributed by atoms with van der Waals surface area (Å²) in [7, 11) is 2.17. The number of thiazole rings is 1. The van der Waals surface area contributed by atoms with Crippen molar-refractivity contribution < 1.29 is 4.79 Å². The van der Waals surface area contributed by atoms with Crippen LogP contribution in [0.2, 0.25) is 0 Å². The summed E-state index contributed by atoms with van der Waals surface area (Å²) in [5, 5.41) is 8.92. The zero-order valence-corrected chi connectivity index (χ0v) is 24.6. The van der Waals surface area contributed by atoms with Crippen molar-refractivity contribution in [3.8, 4) is 11.3 Å². The molecule has 6 rings (SSSR count). The van der Waals surface area contributed by atoms with E-state index in [9.17, 15) is 4.79 Å². The molecule has 9 nitrogen and oxygen atoms in total. The monoisotopic (exact) mass is 556 g/mol. The van der Waals surface area contributed by atoms with Crippen LogP contribution < -0.4 is 5.32 Å². The molecule has 1 saturated heterocycles. The zero-order chi connectivity index (χ0) is 28.0. The van der Waals surface area contributed by atoms with Gasteiger partial charge >= 0.3 is 0 Å². The Bertz CT molecular complexity index is 1540. The number of benzene rings is 1. The molecular weight excluding hydrogens is 520 g/mol. The molecule has 0 bridgehead atoms. The van der Waals surface area contributed by atoms with Gasteiger partial charge in [-0.25, -0.2) is 15.0 Å². The number of aryl methyl sites for hydroxylation is 1. The predicted molar refractivity (Wildman–Crippen MR) is 158 cm³/mol. The molecule has 2 aliphatic rings. The molecule has 0 unspecified atom stereocenters. The quantitative estimate of drug-likeness (QED) is 0.332. The fourth-order valence-corrected chi connectivity index (χ4v) is 6.38. The molecular formula is C30H36N8OS. The second-order valence-electron chi connectivity index (χ2n) is 12.0. The summed E-state index contributed by atoms with van der Waals surface area (Å²) in [6, 6.07) is 8.65. The molecule has 208 valence electrons. The average Bonchev–Trinajstić information content (AvgIpc) is 3.63. The van der Waals surface area contributed by atoms with Gasteiger partial charge in [0.05, 0.1) is 40.9 Å². The number of fused-ring (bicyclic) bond motifs is 1. The van der Waals surface area contributed by atoms with E-state index >= 15 is 0 Å². The van der Waals surface area contributed by atoms with Gasteiger partial charge in [0, 0.05) is 29.9 Å². The van der Waals surface area contributed by atoms with Gasteiger partial charge in [-0.05, 0) is 63.2 Å². The van der Waals surface area contributed by atoms with Gasteiger partial charge in [-0.15, -0.1) is 11.3 Å². The van der Waals surface area contributed by atoms with Gasteiger partial charge in [0.2, 0.25) is 5.95 Å². The number of carbonyl (C=O) groups excluding carboxylic acids is 1. The van der Waals surface area contributed by atoms with Crippen molar-refractivity contribution >= 4 is 28.9 Å². The second-order valence-corrected chi connectivity index (χ2v) is 13.0. The maximum absolute atomic E-state index is 13.1. The summed E-state index contributed by atoms with van der Waals surface area (Å²) in [5.74, 6) is 0.621. The van der Waals surface area contributed by atoms with Crippen LogP contribution in [0.4, 0.5) is 11.6 Å². The van der Waals surface area contributed by atoms with Crippen molar-refractivity contribution in [3.63, 3.8) is 0 Å². The zero-order valence-electron chi connectivity index (χ0n) is 23.8. The van der Waals surface area contributed by atoms with E-state index in [2.05, 4.69) is 77.9 Å². The molecule has 0 spiro atoms. The highest BCUT2D eigenvalue weighted by atomic mass is 32.1. The number of hydrogen-bond acceptors (Lipinski definition) is 8. The van der Waals surface area contributed by atoms with E-state index in [1.54, 1.807) is 6.20 Å². The first-order valence-electron chi connectivity index (χ1n) is 13.9. The van der Waals surface area contributed by atoms with E-state index in [-0.39, 0.29) is 11.3 Å². The third-order valence-corrected chi connectivity index (χ3v) is 9.25. The number of nitrogens with one attached hydrogen (secondary N) is 1. The number of hydrogen-bond donors (Lipinski definition) is 1. The number of piperidine rings is 1. The summed E-state index contributed by atoms with van der Waals surface area (Å²) in [6.07, 6.45) is 7.87. The molecule has 0 radical (unpaired) electrons. The predicted octanol–water partition coefficient (Wildman–Crippen LogP) is 5.57. The molecule has 40 heavy (non-hydrogen) atoms. The Morgan fingerprint density at radius 1 is 1.12 bits per heavy atom. The molecule has 0 aliphatic carbocycles. The van der Waals surface area contributed by atoms with Crippen LogP contribution in [0.1, 0.15) is 71.2 Å². The van der Waals surface area contributed by atoms with Gasteiger partial charge in [0.15, 0.2) is 0 Å². The van der Waals surface area contributed by atoms with Crippen LogP contribution in [0.3, 0.4) is 0 Å². The van der Waals surface area contributed by atoms with Crippen molar-refractivity contribution in [2.24, 2.45) is 0 Å². The lowest BCUT2D eigenvalue weighted by Gasteiger charge is -2.28. The molecule has 1 aromatic carbocycles. The lowest BCUT2D eigenvalue weighted by atomic mass is 9.98. The molecule has 0 atom stereocenters. The summed E-state index contributed by atoms with van der Waals surface area (Å²) >= 11 is 1.54. The van der Waals surface area contributed by atoms with Crippen molar-refractivity contribution in [2.75, 3.05) is 25.5 Å². The van der Waals surface area contributed by atoms with E-state index in [4.69, 9.17) is 9.97 Å². The van der Waals surface area contributed by atoms with Crippen LogP contribution >= 0.6 is 11.3 Å². The molecule has 1 N–H and O–H groups in total. The fourth-order valence-electron chi connectivity index (χ4n) is 5.28. The standard InChI is InChI=1S/C30H36N8OS/c1-19-14-20(6-7-21(19)16-37-18-25-26(27(37)39)40-28(34-25)30(2,3)4)24-8-11-31-29(35-24)33-22-15-32-38(17-22)23-9-12-36(5)13-10-23/h6-8,11,14-15,17,23H,9-10,12-13,16,18H2,1-5H3,(H,31,33,35). The molecule has 1 fully saturated rings. The molecule has 4 aromatic rings. The van der Waals surface area contributed by atoms with E-state index in [0.717, 1.165) is 69.6 Å². The number of aromatic nitrogens is 5. The Morgan fingerprint density at radius 3 is 2.65 bits per heavy atom. The van der Waals surface area contributed by atoms with Gasteiger partial charge in [-0.1, -0.05) is 32.9 Å². The minimum Gasteiger partial charge on any atom is -0.328 e. The maximum Gasteiger partial charge on any atom is 0.266 e. The van der Waals surface area contributed by atoms with Crippen molar-refractivity contribution in [1.82, 2.24) is 34.5 Å². The third-order valence-electron chi connectivity index (χ3n) is 7.74. The Hall–Kier alpha value is -3.63. The number of nitrogens with zero attached hydrogens (tertiary/aromatic N) is 7. The van der Waals surface area contributed by atoms with Gasteiger partial charge in [0.1, 0.15) is 4.88 Å². The Labute approximate surface area is 239 Å². The van der Waals surface area contributed by atoms with Crippen LogP contribution in [0, 0.1) is 6.92 Å². The highest BCUT2D eigenvalue weighted by molar-refractivity contribution is 7.14. The van der Waals surface area contributed by atoms with Crippen molar-refractivity contribution in [3.05, 3.63) is 69.6 Å². The van der Waals surface area contributed by atoms with Crippen LogP contribution in [-0.2, 0) is 18.5 Å². The van der Waals surface area contributed by atoms with E-state index < -0.39 is 0 Å². The third kappa shape index (κ3) is 5.38. The molecule has 10 heteroatoms. The number of carbonyl (C=O) groups is 1. The molecule has 0 saturated carbocycles. The molecule has 3 aromatic heterocycles. The molecule has 1 amide bonds. The lowest BCUT2D eigenvalue weighted by molar-refractivity contribution is 0.0769. The summed E-state index contributed by atoms with van der Waals surface area (Å²) in [5.41, 5.74) is 5.85. The van der Waals surface area contributed by atoms with E-state index in [0.29, 0.717) is 25.1 Å². The smallest absolute Gasteiger partial charge is 0.266 e. The van der Waals surface area contributed by atoms with Crippen molar-refractivity contribution in [1.29, 1.82) is 0 Å². The van der Waals surface area contributed by atoms with Crippen LogP contribution in [0.15, 0.2) is 42.9 Å². The second kappa shape index (κ2) is 10.4. The number of anilines is 2. The number of rotatable bonds is 6. The van der Waals surface area contributed by atoms with E-state index in [1.165, 1.54) is 11.3 Å². The highest BCUT2D eigenvalue weighted by Crippen LogP contribution is 2.35. The highest BCUT2D eigenvalue weighted by Gasteiger charge is 2.34. The SMILES string of the molecule is Cc1cc(-c2ccnc(Nc3cnn(C4CCN(C)CC4)c3)n2)ccc1CN1Cc2nc(C(C)(C)C)sc2C1=O. The van der Waals surface area contributed by atoms with Crippen LogP contribution in [0.25, 0.3) is 11.3 Å². The number of likely N-dealkylation sites (tertiary alicyclic amines) is 1. The molecule has 2 aliphatic heterocycles. The Balaban J connectivity index is 1.12. The summed E-state index contributed by atoms with van der Waals surface area (Å²) in [4.78, 5) is 32.1. The largest absolute Gasteiger partial charge is 0.328 e. The Morgan fingerprint density at radius 2 is 1.93 bits per heavy atom. The lowest BCUT2D eigenvalue weighted by Crippen LogP contribution is -2.31. The maximum atomic E-state index is 13.1.